The number of anilines is 1. The Bertz CT molecular complexity index is 986. The van der Waals surface area contributed by atoms with Crippen molar-refractivity contribution in [2.24, 2.45) is 0 Å². The van der Waals surface area contributed by atoms with Crippen molar-refractivity contribution >= 4 is 27.5 Å². The van der Waals surface area contributed by atoms with E-state index in [1.807, 2.05) is 55.6 Å². The number of thioether (sulfide) groups is 1. The van der Waals surface area contributed by atoms with Crippen LogP contribution in [0.4, 0.5) is 5.69 Å². The number of sulfonamides is 1. The fraction of sp³-hybridized carbons (Fsp3) is 0.182. The molecular weight excluding hydrogens is 390 g/mol. The predicted octanol–water partition coefficient (Wildman–Crippen LogP) is 5.20. The first-order valence-corrected chi connectivity index (χ1v) is 11.6. The second-order valence-corrected chi connectivity index (χ2v) is 8.86. The Kier molecular flexibility index (Phi) is 6.65. The van der Waals surface area contributed by atoms with Gasteiger partial charge in [-0.3, -0.25) is 4.31 Å². The van der Waals surface area contributed by atoms with Gasteiger partial charge in [-0.1, -0.05) is 30.3 Å². The Morgan fingerprint density at radius 1 is 0.893 bits per heavy atom. The van der Waals surface area contributed by atoms with Gasteiger partial charge in [-0.2, -0.15) is 0 Å². The fourth-order valence-corrected chi connectivity index (χ4v) is 4.70. The Labute approximate surface area is 171 Å². The maximum Gasteiger partial charge on any atom is 0.264 e. The molecule has 3 aromatic carbocycles. The van der Waals surface area contributed by atoms with Gasteiger partial charge in [-0.15, -0.1) is 11.8 Å². The standard InChI is InChI=1S/C22H23NO3S2/c1-3-23(28(24,25)22-15-13-21(27-2)14-16-22)19-9-11-20(12-10-19)26-17-18-7-5-4-6-8-18/h4-16H,3,17H2,1-2H3. The van der Waals surface area contributed by atoms with Gasteiger partial charge in [0, 0.05) is 11.4 Å². The van der Waals surface area contributed by atoms with Gasteiger partial charge >= 0.3 is 0 Å². The van der Waals surface area contributed by atoms with Crippen molar-refractivity contribution in [3.05, 3.63) is 84.4 Å². The number of nitrogens with zero attached hydrogens (tertiary/aromatic N) is 1. The van der Waals surface area contributed by atoms with E-state index in [1.54, 1.807) is 48.2 Å². The van der Waals surface area contributed by atoms with Gasteiger partial charge in [-0.25, -0.2) is 8.42 Å². The van der Waals surface area contributed by atoms with Crippen molar-refractivity contribution < 1.29 is 13.2 Å². The van der Waals surface area contributed by atoms with E-state index in [2.05, 4.69) is 0 Å². The lowest BCUT2D eigenvalue weighted by atomic mass is 10.2. The molecule has 0 amide bonds. The molecule has 0 atom stereocenters. The zero-order valence-electron chi connectivity index (χ0n) is 15.9. The highest BCUT2D eigenvalue weighted by atomic mass is 32.2. The minimum atomic E-state index is -3.61. The van der Waals surface area contributed by atoms with Gasteiger partial charge in [0.1, 0.15) is 12.4 Å². The summed E-state index contributed by atoms with van der Waals surface area (Å²) in [5, 5.41) is 0. The molecule has 0 N–H and O–H groups in total. The molecule has 3 rings (SSSR count). The molecule has 0 spiro atoms. The Balaban J connectivity index is 1.76. The molecule has 0 heterocycles. The molecular formula is C22H23NO3S2. The third kappa shape index (κ3) is 4.69. The van der Waals surface area contributed by atoms with Crippen LogP contribution in [0.3, 0.4) is 0 Å². The summed E-state index contributed by atoms with van der Waals surface area (Å²) in [6, 6.07) is 24.0. The molecule has 0 radical (unpaired) electrons. The van der Waals surface area contributed by atoms with E-state index in [4.69, 9.17) is 4.74 Å². The summed E-state index contributed by atoms with van der Waals surface area (Å²) in [6.07, 6.45) is 1.96. The number of benzene rings is 3. The topological polar surface area (TPSA) is 46.6 Å². The van der Waals surface area contributed by atoms with Crippen molar-refractivity contribution in [2.75, 3.05) is 17.1 Å². The molecule has 146 valence electrons. The second kappa shape index (κ2) is 9.17. The van der Waals surface area contributed by atoms with Crippen molar-refractivity contribution in [3.63, 3.8) is 0 Å². The summed E-state index contributed by atoms with van der Waals surface area (Å²) in [6.45, 7) is 2.64. The van der Waals surface area contributed by atoms with Gasteiger partial charge in [-0.05, 0) is 67.3 Å². The Morgan fingerprint density at radius 2 is 1.54 bits per heavy atom. The second-order valence-electron chi connectivity index (χ2n) is 6.11. The zero-order valence-corrected chi connectivity index (χ0v) is 17.5. The van der Waals surface area contributed by atoms with Crippen LogP contribution in [0.2, 0.25) is 0 Å². The number of rotatable bonds is 8. The van der Waals surface area contributed by atoms with E-state index in [9.17, 15) is 8.42 Å². The first kappa shape index (κ1) is 20.3. The van der Waals surface area contributed by atoms with Gasteiger partial charge in [0.25, 0.3) is 10.0 Å². The molecule has 0 aliphatic rings. The van der Waals surface area contributed by atoms with Crippen molar-refractivity contribution in [1.82, 2.24) is 0 Å². The van der Waals surface area contributed by atoms with Crippen LogP contribution < -0.4 is 9.04 Å². The van der Waals surface area contributed by atoms with Crippen LogP contribution in [0, 0.1) is 0 Å². The molecule has 0 saturated heterocycles. The first-order chi connectivity index (χ1) is 13.5. The monoisotopic (exact) mass is 413 g/mol. The smallest absolute Gasteiger partial charge is 0.264 e. The summed E-state index contributed by atoms with van der Waals surface area (Å²) >= 11 is 1.58. The Morgan fingerprint density at radius 3 is 2.11 bits per heavy atom. The molecule has 0 saturated carbocycles. The fourth-order valence-electron chi connectivity index (χ4n) is 2.82. The minimum absolute atomic E-state index is 0.288. The van der Waals surface area contributed by atoms with Crippen LogP contribution in [0.5, 0.6) is 5.75 Å². The van der Waals surface area contributed by atoms with Crippen LogP contribution >= 0.6 is 11.8 Å². The average Bonchev–Trinajstić information content (AvgIpc) is 2.74. The van der Waals surface area contributed by atoms with E-state index >= 15 is 0 Å². The third-order valence-electron chi connectivity index (χ3n) is 4.31. The number of ether oxygens (including phenoxy) is 1. The van der Waals surface area contributed by atoms with Crippen LogP contribution in [0.1, 0.15) is 12.5 Å². The number of hydrogen-bond donors (Lipinski definition) is 0. The van der Waals surface area contributed by atoms with Gasteiger partial charge in [0.2, 0.25) is 0 Å². The van der Waals surface area contributed by atoms with Crippen LogP contribution in [-0.4, -0.2) is 21.2 Å². The lowest BCUT2D eigenvalue weighted by molar-refractivity contribution is 0.306. The summed E-state index contributed by atoms with van der Waals surface area (Å²) in [7, 11) is -3.61. The number of hydrogen-bond acceptors (Lipinski definition) is 4. The van der Waals surface area contributed by atoms with E-state index in [0.29, 0.717) is 24.6 Å². The third-order valence-corrected chi connectivity index (χ3v) is 6.97. The lowest BCUT2D eigenvalue weighted by Crippen LogP contribution is -2.30. The quantitative estimate of drug-likeness (QED) is 0.476. The van der Waals surface area contributed by atoms with Crippen molar-refractivity contribution in [3.8, 4) is 5.75 Å². The summed E-state index contributed by atoms with van der Waals surface area (Å²) in [4.78, 5) is 1.32. The molecule has 0 aromatic heterocycles. The van der Waals surface area contributed by atoms with Crippen LogP contribution in [0.25, 0.3) is 0 Å². The van der Waals surface area contributed by atoms with E-state index in [-0.39, 0.29) is 4.90 Å². The summed E-state index contributed by atoms with van der Waals surface area (Å²) in [5.41, 5.74) is 1.70. The molecule has 0 bridgehead atoms. The van der Waals surface area contributed by atoms with Crippen LogP contribution in [0.15, 0.2) is 88.7 Å². The van der Waals surface area contributed by atoms with Crippen molar-refractivity contribution in [2.45, 2.75) is 23.3 Å². The van der Waals surface area contributed by atoms with E-state index in [0.717, 1.165) is 10.5 Å². The highest BCUT2D eigenvalue weighted by Crippen LogP contribution is 2.27. The largest absolute Gasteiger partial charge is 0.489 e. The van der Waals surface area contributed by atoms with Crippen LogP contribution in [-0.2, 0) is 16.6 Å². The SMILES string of the molecule is CCN(c1ccc(OCc2ccccc2)cc1)S(=O)(=O)c1ccc(SC)cc1. The first-order valence-electron chi connectivity index (χ1n) is 8.98. The molecule has 0 fully saturated rings. The molecule has 28 heavy (non-hydrogen) atoms. The molecule has 0 aliphatic carbocycles. The maximum absolute atomic E-state index is 13.0. The van der Waals surface area contributed by atoms with Gasteiger partial charge in [0.05, 0.1) is 10.6 Å². The molecule has 6 heteroatoms. The molecule has 0 unspecified atom stereocenters. The minimum Gasteiger partial charge on any atom is -0.489 e. The Hall–Kier alpha value is -2.44. The van der Waals surface area contributed by atoms with Gasteiger partial charge in [0.15, 0.2) is 0 Å². The van der Waals surface area contributed by atoms with E-state index in [1.165, 1.54) is 4.31 Å². The highest BCUT2D eigenvalue weighted by Gasteiger charge is 2.23. The molecule has 3 aromatic rings. The average molecular weight is 414 g/mol. The lowest BCUT2D eigenvalue weighted by Gasteiger charge is -2.23. The summed E-state index contributed by atoms with van der Waals surface area (Å²) in [5.74, 6) is 0.699. The summed E-state index contributed by atoms with van der Waals surface area (Å²) < 4.78 is 33.3. The highest BCUT2D eigenvalue weighted by molar-refractivity contribution is 7.98. The zero-order chi connectivity index (χ0) is 20.0. The maximum atomic E-state index is 13.0. The van der Waals surface area contributed by atoms with Gasteiger partial charge < -0.3 is 4.74 Å². The van der Waals surface area contributed by atoms with E-state index < -0.39 is 10.0 Å². The normalized spacial score (nSPS) is 11.2. The molecule has 4 nitrogen and oxygen atoms in total. The predicted molar refractivity (Wildman–Crippen MR) is 116 cm³/mol. The van der Waals surface area contributed by atoms with Crippen molar-refractivity contribution in [1.29, 1.82) is 0 Å². The molecule has 0 aliphatic heterocycles.